The van der Waals surface area contributed by atoms with Crippen LogP contribution >= 0.6 is 0 Å². The van der Waals surface area contributed by atoms with Crippen LogP contribution in [0.5, 0.6) is 0 Å². The number of carboxylic acid groups (broad SMARTS) is 1. The molecule has 0 saturated heterocycles. The second-order valence-electron chi connectivity index (χ2n) is 7.45. The largest absolute Gasteiger partial charge is 0.476 e. The summed E-state index contributed by atoms with van der Waals surface area (Å²) in [5.74, 6) is -1.16. The van der Waals surface area contributed by atoms with Crippen LogP contribution in [0.2, 0.25) is 0 Å². The zero-order valence-electron chi connectivity index (χ0n) is 16.5. The molecule has 0 fully saturated rings. The molecule has 3 rings (SSSR count). The monoisotopic (exact) mass is 380 g/mol. The molecule has 0 aliphatic heterocycles. The minimum Gasteiger partial charge on any atom is -0.476 e. The number of benzene rings is 2. The minimum atomic E-state index is -1.16. The summed E-state index contributed by atoms with van der Waals surface area (Å²) in [4.78, 5) is 21.9. The van der Waals surface area contributed by atoms with Crippen molar-refractivity contribution in [3.05, 3.63) is 70.3 Å². The van der Waals surface area contributed by atoms with Crippen molar-refractivity contribution in [2.45, 2.75) is 39.2 Å². The summed E-state index contributed by atoms with van der Waals surface area (Å²) in [6.45, 7) is 6.42. The van der Waals surface area contributed by atoms with Gasteiger partial charge in [-0.15, -0.1) is 0 Å². The zero-order chi connectivity index (χ0) is 20.3. The zero-order valence-corrected chi connectivity index (χ0v) is 16.5. The standard InChI is InChI=1S/C22H24N2O4/c1-14-8-7-10-15(20(21(25)26)24-27-4)17(14)13-28-23-19-12-22(2,3)18-11-6-5-9-16(18)19/h5-11H,12-13H2,1-4H3,(H,25,26)/b23-19+,24-20?. The normalized spacial score (nSPS) is 16.7. The second kappa shape index (κ2) is 7.84. The van der Waals surface area contributed by atoms with E-state index in [1.807, 2.05) is 25.1 Å². The predicted octanol–water partition coefficient (Wildman–Crippen LogP) is 4.03. The molecule has 0 bridgehead atoms. The van der Waals surface area contributed by atoms with Crippen LogP contribution in [0.3, 0.4) is 0 Å². The van der Waals surface area contributed by atoms with E-state index in [4.69, 9.17) is 9.68 Å². The van der Waals surface area contributed by atoms with Crippen LogP contribution in [0.25, 0.3) is 0 Å². The number of aryl methyl sites for hydroxylation is 1. The molecule has 2 aromatic carbocycles. The molecule has 6 heteroatoms. The number of carbonyl (C=O) groups is 1. The molecule has 1 aliphatic rings. The van der Waals surface area contributed by atoms with Crippen molar-refractivity contribution in [3.8, 4) is 0 Å². The van der Waals surface area contributed by atoms with E-state index in [1.54, 1.807) is 12.1 Å². The molecular weight excluding hydrogens is 356 g/mol. The molecule has 0 saturated carbocycles. The summed E-state index contributed by atoms with van der Waals surface area (Å²) in [5, 5.41) is 17.5. The first kappa shape index (κ1) is 19.6. The van der Waals surface area contributed by atoms with E-state index < -0.39 is 5.97 Å². The van der Waals surface area contributed by atoms with Crippen LogP contribution in [0.1, 0.15) is 48.1 Å². The highest BCUT2D eigenvalue weighted by molar-refractivity contribution is 6.42. The van der Waals surface area contributed by atoms with Gasteiger partial charge < -0.3 is 14.8 Å². The third-order valence-corrected chi connectivity index (χ3v) is 5.01. The van der Waals surface area contributed by atoms with E-state index in [0.717, 1.165) is 28.8 Å². The summed E-state index contributed by atoms with van der Waals surface area (Å²) >= 11 is 0. The van der Waals surface area contributed by atoms with Crippen LogP contribution in [-0.2, 0) is 26.5 Å². The Morgan fingerprint density at radius 3 is 2.64 bits per heavy atom. The van der Waals surface area contributed by atoms with Gasteiger partial charge in [-0.3, -0.25) is 0 Å². The highest BCUT2D eigenvalue weighted by atomic mass is 16.6. The van der Waals surface area contributed by atoms with E-state index in [2.05, 4.69) is 36.3 Å². The number of hydrogen-bond donors (Lipinski definition) is 1. The van der Waals surface area contributed by atoms with Crippen molar-refractivity contribution in [1.29, 1.82) is 0 Å². The molecule has 6 nitrogen and oxygen atoms in total. The fourth-order valence-electron chi connectivity index (χ4n) is 3.60. The van der Waals surface area contributed by atoms with E-state index >= 15 is 0 Å². The molecule has 28 heavy (non-hydrogen) atoms. The molecule has 0 unspecified atom stereocenters. The van der Waals surface area contributed by atoms with Gasteiger partial charge in [-0.2, -0.15) is 0 Å². The van der Waals surface area contributed by atoms with E-state index in [1.165, 1.54) is 12.7 Å². The first-order valence-electron chi connectivity index (χ1n) is 9.07. The summed E-state index contributed by atoms with van der Waals surface area (Å²) in [7, 11) is 1.32. The first-order valence-corrected chi connectivity index (χ1v) is 9.07. The molecule has 0 radical (unpaired) electrons. The van der Waals surface area contributed by atoms with Crippen molar-refractivity contribution < 1.29 is 19.6 Å². The van der Waals surface area contributed by atoms with Crippen molar-refractivity contribution in [3.63, 3.8) is 0 Å². The van der Waals surface area contributed by atoms with Gasteiger partial charge in [0.1, 0.15) is 13.7 Å². The Morgan fingerprint density at radius 2 is 1.93 bits per heavy atom. The van der Waals surface area contributed by atoms with Crippen molar-refractivity contribution in [2.75, 3.05) is 7.11 Å². The topological polar surface area (TPSA) is 80.5 Å². The van der Waals surface area contributed by atoms with E-state index in [-0.39, 0.29) is 17.7 Å². The minimum absolute atomic E-state index is 0.00815. The predicted molar refractivity (Wildman–Crippen MR) is 108 cm³/mol. The number of oxime groups is 2. The Balaban J connectivity index is 1.88. The van der Waals surface area contributed by atoms with E-state index in [0.29, 0.717) is 5.56 Å². The Morgan fingerprint density at radius 1 is 1.18 bits per heavy atom. The number of aliphatic carboxylic acids is 1. The maximum Gasteiger partial charge on any atom is 0.358 e. The number of carboxylic acids is 1. The molecule has 0 atom stereocenters. The first-order chi connectivity index (χ1) is 13.3. The smallest absolute Gasteiger partial charge is 0.358 e. The van der Waals surface area contributed by atoms with Gasteiger partial charge in [0.2, 0.25) is 0 Å². The summed E-state index contributed by atoms with van der Waals surface area (Å²) in [5.41, 5.74) is 5.18. The van der Waals surface area contributed by atoms with E-state index in [9.17, 15) is 9.90 Å². The number of nitrogens with zero attached hydrogens (tertiary/aromatic N) is 2. The highest BCUT2D eigenvalue weighted by Gasteiger charge is 2.34. The van der Waals surface area contributed by atoms with Gasteiger partial charge in [0.15, 0.2) is 5.71 Å². The SMILES string of the molecule is CON=C(C(=O)O)c1cccc(C)c1CO/N=C1\CC(C)(C)c2ccccc21. The maximum absolute atomic E-state index is 11.6. The quantitative estimate of drug-likeness (QED) is 0.606. The lowest BCUT2D eigenvalue weighted by Gasteiger charge is -2.17. The Hall–Kier alpha value is -3.15. The number of rotatable bonds is 6. The van der Waals surface area contributed by atoms with Gasteiger partial charge >= 0.3 is 5.97 Å². The molecule has 0 aromatic heterocycles. The fourth-order valence-corrected chi connectivity index (χ4v) is 3.60. The third kappa shape index (κ3) is 3.76. The number of fused-ring (bicyclic) bond motifs is 1. The molecule has 1 N–H and O–H groups in total. The Bertz CT molecular complexity index is 961. The van der Waals surface area contributed by atoms with Gasteiger partial charge in [0.05, 0.1) is 5.71 Å². The Labute approximate surface area is 164 Å². The third-order valence-electron chi connectivity index (χ3n) is 5.01. The second-order valence-corrected chi connectivity index (χ2v) is 7.45. The van der Waals surface area contributed by atoms with Gasteiger partial charge in [0.25, 0.3) is 0 Å². The number of hydrogen-bond acceptors (Lipinski definition) is 5. The molecule has 0 amide bonds. The average Bonchev–Trinajstić information content (AvgIpc) is 2.92. The van der Waals surface area contributed by atoms with Crippen molar-refractivity contribution >= 4 is 17.4 Å². The molecule has 0 heterocycles. The van der Waals surface area contributed by atoms with Crippen LogP contribution < -0.4 is 0 Å². The molecular formula is C22H24N2O4. The fraction of sp³-hybridized carbons (Fsp3) is 0.318. The maximum atomic E-state index is 11.6. The lowest BCUT2D eigenvalue weighted by Crippen LogP contribution is -2.18. The highest BCUT2D eigenvalue weighted by Crippen LogP contribution is 2.38. The summed E-state index contributed by atoms with van der Waals surface area (Å²) in [6, 6.07) is 13.6. The lowest BCUT2D eigenvalue weighted by atomic mass is 9.87. The molecule has 146 valence electrons. The molecule has 2 aromatic rings. The van der Waals surface area contributed by atoms with Crippen molar-refractivity contribution in [2.24, 2.45) is 10.3 Å². The van der Waals surface area contributed by atoms with Gasteiger partial charge in [-0.1, -0.05) is 66.6 Å². The van der Waals surface area contributed by atoms with Gasteiger partial charge in [-0.25, -0.2) is 4.79 Å². The molecule has 1 aliphatic carbocycles. The van der Waals surface area contributed by atoms with Gasteiger partial charge in [0, 0.05) is 23.1 Å². The lowest BCUT2D eigenvalue weighted by molar-refractivity contribution is -0.129. The van der Waals surface area contributed by atoms with Crippen LogP contribution in [0, 0.1) is 6.92 Å². The van der Waals surface area contributed by atoms with Gasteiger partial charge in [-0.05, 0) is 23.5 Å². The van der Waals surface area contributed by atoms with Crippen molar-refractivity contribution in [1.82, 2.24) is 0 Å². The molecule has 0 spiro atoms. The summed E-state index contributed by atoms with van der Waals surface area (Å²) < 4.78 is 0. The van der Waals surface area contributed by atoms with Crippen LogP contribution in [-0.4, -0.2) is 29.6 Å². The average molecular weight is 380 g/mol. The van der Waals surface area contributed by atoms with Crippen LogP contribution in [0.4, 0.5) is 0 Å². The summed E-state index contributed by atoms with van der Waals surface area (Å²) in [6.07, 6.45) is 0.790. The Kier molecular flexibility index (Phi) is 5.49. The van der Waals surface area contributed by atoms with Crippen LogP contribution in [0.15, 0.2) is 52.8 Å².